The SMILES string of the molecule is CCCc1nc(C(=O)NC2CCC(N)CC2)n[nH]1. The van der Waals surface area contributed by atoms with Gasteiger partial charge in [-0.05, 0) is 32.1 Å². The van der Waals surface area contributed by atoms with Crippen LogP contribution in [0.1, 0.15) is 55.5 Å². The van der Waals surface area contributed by atoms with Crippen molar-refractivity contribution in [3.05, 3.63) is 11.6 Å². The first-order valence-electron chi connectivity index (χ1n) is 6.66. The summed E-state index contributed by atoms with van der Waals surface area (Å²) in [5.41, 5.74) is 5.83. The number of rotatable bonds is 4. The molecule has 1 aliphatic rings. The van der Waals surface area contributed by atoms with Gasteiger partial charge in [-0.3, -0.25) is 9.89 Å². The van der Waals surface area contributed by atoms with E-state index in [4.69, 9.17) is 5.73 Å². The minimum Gasteiger partial charge on any atom is -0.347 e. The molecule has 1 aromatic heterocycles. The number of aryl methyl sites for hydroxylation is 1. The molecule has 18 heavy (non-hydrogen) atoms. The van der Waals surface area contributed by atoms with Gasteiger partial charge in [0.2, 0.25) is 5.82 Å². The quantitative estimate of drug-likeness (QED) is 0.736. The van der Waals surface area contributed by atoms with Crippen LogP contribution in [-0.4, -0.2) is 33.2 Å². The highest BCUT2D eigenvalue weighted by atomic mass is 16.2. The van der Waals surface area contributed by atoms with E-state index in [1.807, 2.05) is 0 Å². The van der Waals surface area contributed by atoms with Crippen molar-refractivity contribution in [3.63, 3.8) is 0 Å². The Labute approximate surface area is 107 Å². The Balaban J connectivity index is 1.86. The molecular weight excluding hydrogens is 230 g/mol. The van der Waals surface area contributed by atoms with Gasteiger partial charge in [0.25, 0.3) is 5.91 Å². The maximum Gasteiger partial charge on any atom is 0.291 e. The van der Waals surface area contributed by atoms with Crippen LogP contribution in [0.15, 0.2) is 0 Å². The largest absolute Gasteiger partial charge is 0.347 e. The summed E-state index contributed by atoms with van der Waals surface area (Å²) in [6, 6.07) is 0.503. The number of amides is 1. The molecule has 0 saturated heterocycles. The molecule has 4 N–H and O–H groups in total. The molecule has 0 unspecified atom stereocenters. The van der Waals surface area contributed by atoms with E-state index in [0.717, 1.165) is 44.3 Å². The van der Waals surface area contributed by atoms with Gasteiger partial charge in [-0.15, -0.1) is 5.10 Å². The highest BCUT2D eigenvalue weighted by Crippen LogP contribution is 2.17. The molecule has 0 atom stereocenters. The third-order valence-electron chi connectivity index (χ3n) is 3.33. The molecule has 1 aliphatic carbocycles. The molecule has 0 bridgehead atoms. The minimum absolute atomic E-state index is 0.186. The maximum atomic E-state index is 11.9. The second-order valence-corrected chi connectivity index (χ2v) is 4.94. The van der Waals surface area contributed by atoms with E-state index in [9.17, 15) is 4.79 Å². The number of aromatic amines is 1. The first-order valence-corrected chi connectivity index (χ1v) is 6.66. The van der Waals surface area contributed by atoms with Crippen molar-refractivity contribution in [1.29, 1.82) is 0 Å². The number of aromatic nitrogens is 3. The lowest BCUT2D eigenvalue weighted by atomic mass is 9.92. The van der Waals surface area contributed by atoms with E-state index in [1.165, 1.54) is 0 Å². The topological polar surface area (TPSA) is 96.7 Å². The molecule has 100 valence electrons. The minimum atomic E-state index is -0.186. The molecule has 2 rings (SSSR count). The summed E-state index contributed by atoms with van der Waals surface area (Å²) < 4.78 is 0. The number of hydrogen-bond donors (Lipinski definition) is 3. The second kappa shape index (κ2) is 5.95. The van der Waals surface area contributed by atoms with Crippen LogP contribution in [0.4, 0.5) is 0 Å². The lowest BCUT2D eigenvalue weighted by Crippen LogP contribution is -2.40. The Kier molecular flexibility index (Phi) is 4.30. The lowest BCUT2D eigenvalue weighted by Gasteiger charge is -2.26. The van der Waals surface area contributed by atoms with Crippen molar-refractivity contribution in [2.24, 2.45) is 5.73 Å². The zero-order chi connectivity index (χ0) is 13.0. The van der Waals surface area contributed by atoms with E-state index in [1.54, 1.807) is 0 Å². The van der Waals surface area contributed by atoms with E-state index in [0.29, 0.717) is 0 Å². The maximum absolute atomic E-state index is 11.9. The highest BCUT2D eigenvalue weighted by molar-refractivity contribution is 5.90. The molecule has 6 nitrogen and oxygen atoms in total. The number of carbonyl (C=O) groups excluding carboxylic acids is 1. The smallest absolute Gasteiger partial charge is 0.291 e. The number of nitrogens with two attached hydrogens (primary N) is 1. The molecule has 1 fully saturated rings. The third-order valence-corrected chi connectivity index (χ3v) is 3.33. The van der Waals surface area contributed by atoms with Crippen LogP contribution in [0, 0.1) is 0 Å². The van der Waals surface area contributed by atoms with Crippen LogP contribution >= 0.6 is 0 Å². The average Bonchev–Trinajstić information content (AvgIpc) is 2.81. The number of nitrogens with one attached hydrogen (secondary N) is 2. The molecular formula is C12H21N5O. The van der Waals surface area contributed by atoms with Crippen LogP contribution in [0.2, 0.25) is 0 Å². The predicted octanol–water partition coefficient (Wildman–Crippen LogP) is 0.757. The van der Waals surface area contributed by atoms with Crippen molar-refractivity contribution in [1.82, 2.24) is 20.5 Å². The van der Waals surface area contributed by atoms with E-state index < -0.39 is 0 Å². The summed E-state index contributed by atoms with van der Waals surface area (Å²) in [4.78, 5) is 16.1. The first kappa shape index (κ1) is 13.0. The van der Waals surface area contributed by atoms with Gasteiger partial charge >= 0.3 is 0 Å². The van der Waals surface area contributed by atoms with Gasteiger partial charge in [0.15, 0.2) is 0 Å². The number of H-pyrrole nitrogens is 1. The fraction of sp³-hybridized carbons (Fsp3) is 0.750. The fourth-order valence-corrected chi connectivity index (χ4v) is 2.26. The predicted molar refractivity (Wildman–Crippen MR) is 68.1 cm³/mol. The Hall–Kier alpha value is -1.43. The Morgan fingerprint density at radius 1 is 1.44 bits per heavy atom. The number of nitrogens with zero attached hydrogens (tertiary/aromatic N) is 2. The van der Waals surface area contributed by atoms with Gasteiger partial charge in [0.05, 0.1) is 0 Å². The van der Waals surface area contributed by atoms with Crippen molar-refractivity contribution in [2.45, 2.75) is 57.5 Å². The highest BCUT2D eigenvalue weighted by Gasteiger charge is 2.22. The summed E-state index contributed by atoms with van der Waals surface area (Å²) in [5.74, 6) is 0.829. The molecule has 0 aliphatic heterocycles. The van der Waals surface area contributed by atoms with Crippen molar-refractivity contribution in [3.8, 4) is 0 Å². The Morgan fingerprint density at radius 2 is 2.17 bits per heavy atom. The molecule has 1 heterocycles. The molecule has 0 spiro atoms. The monoisotopic (exact) mass is 251 g/mol. The second-order valence-electron chi connectivity index (χ2n) is 4.94. The van der Waals surface area contributed by atoms with Crippen molar-refractivity contribution >= 4 is 5.91 Å². The summed E-state index contributed by atoms with van der Waals surface area (Å²) >= 11 is 0. The van der Waals surface area contributed by atoms with Gasteiger partial charge in [0.1, 0.15) is 5.82 Å². The van der Waals surface area contributed by atoms with Crippen molar-refractivity contribution < 1.29 is 4.79 Å². The van der Waals surface area contributed by atoms with Crippen LogP contribution in [0.3, 0.4) is 0 Å². The van der Waals surface area contributed by atoms with Crippen molar-refractivity contribution in [2.75, 3.05) is 0 Å². The first-order chi connectivity index (χ1) is 8.69. The van der Waals surface area contributed by atoms with E-state index in [-0.39, 0.29) is 23.8 Å². The Morgan fingerprint density at radius 3 is 2.83 bits per heavy atom. The molecule has 1 saturated carbocycles. The fourth-order valence-electron chi connectivity index (χ4n) is 2.26. The van der Waals surface area contributed by atoms with Gasteiger partial charge in [-0.25, -0.2) is 4.98 Å². The summed E-state index contributed by atoms with van der Waals surface area (Å²) in [5, 5.41) is 9.70. The van der Waals surface area contributed by atoms with Gasteiger partial charge in [-0.1, -0.05) is 6.92 Å². The van der Waals surface area contributed by atoms with Gasteiger partial charge in [-0.2, -0.15) is 0 Å². The molecule has 0 radical (unpaired) electrons. The van der Waals surface area contributed by atoms with Gasteiger partial charge < -0.3 is 11.1 Å². The Bertz CT molecular complexity index is 395. The third kappa shape index (κ3) is 3.29. The molecule has 1 amide bonds. The average molecular weight is 251 g/mol. The zero-order valence-corrected chi connectivity index (χ0v) is 10.8. The summed E-state index contributed by atoms with van der Waals surface area (Å²) in [7, 11) is 0. The van der Waals surface area contributed by atoms with Crippen LogP contribution < -0.4 is 11.1 Å². The number of carbonyl (C=O) groups is 1. The van der Waals surface area contributed by atoms with Gasteiger partial charge in [0, 0.05) is 18.5 Å². The molecule has 6 heteroatoms. The molecule has 0 aromatic carbocycles. The zero-order valence-electron chi connectivity index (χ0n) is 10.8. The standard InChI is InChI=1S/C12H21N5O/c1-2-3-10-15-11(17-16-10)12(18)14-9-6-4-8(13)5-7-9/h8-9H,2-7,13H2,1H3,(H,14,18)(H,15,16,17). The van der Waals surface area contributed by atoms with Crippen LogP contribution in [0.5, 0.6) is 0 Å². The molecule has 1 aromatic rings. The van der Waals surface area contributed by atoms with Crippen LogP contribution in [-0.2, 0) is 6.42 Å². The normalized spacial score (nSPS) is 23.9. The van der Waals surface area contributed by atoms with Crippen LogP contribution in [0.25, 0.3) is 0 Å². The summed E-state index contributed by atoms with van der Waals surface area (Å²) in [6.45, 7) is 2.06. The van der Waals surface area contributed by atoms with E-state index >= 15 is 0 Å². The number of hydrogen-bond acceptors (Lipinski definition) is 4. The summed E-state index contributed by atoms with van der Waals surface area (Å²) in [6.07, 6.45) is 5.63. The lowest BCUT2D eigenvalue weighted by molar-refractivity contribution is 0.0915. The van der Waals surface area contributed by atoms with E-state index in [2.05, 4.69) is 27.4 Å².